The molecule has 0 aromatic heterocycles. The highest BCUT2D eigenvalue weighted by molar-refractivity contribution is 5.77. The average Bonchev–Trinajstić information content (AvgIpc) is 1.45. The molecule has 0 radical (unpaired) electrons. The summed E-state index contributed by atoms with van der Waals surface area (Å²) < 4.78 is 185. The molecule has 15 heterocycles. The first-order chi connectivity index (χ1) is 72.4. The van der Waals surface area contributed by atoms with E-state index >= 15 is 0 Å². The van der Waals surface area contributed by atoms with Gasteiger partial charge in [-0.05, 0) is 152 Å². The lowest BCUT2D eigenvalue weighted by Crippen LogP contribution is -2.30. The summed E-state index contributed by atoms with van der Waals surface area (Å²) in [6.45, 7) is 22.1. The highest BCUT2D eigenvalue weighted by Crippen LogP contribution is 2.67. The second-order valence-corrected chi connectivity index (χ2v) is 43.6. The van der Waals surface area contributed by atoms with E-state index < -0.39 is 65.3 Å². The van der Waals surface area contributed by atoms with E-state index in [0.717, 1.165) is 254 Å². The van der Waals surface area contributed by atoms with Crippen LogP contribution in [0.15, 0.2) is 48.5 Å². The van der Waals surface area contributed by atoms with Gasteiger partial charge in [0.1, 0.15) is 23.0 Å². The minimum atomic E-state index is -1.17. The second kappa shape index (κ2) is 45.6. The predicted octanol–water partition coefficient (Wildman–Crippen LogP) is 29.8. The van der Waals surface area contributed by atoms with Crippen LogP contribution in [0.3, 0.4) is 0 Å². The van der Waals surface area contributed by atoms with Crippen molar-refractivity contribution in [2.75, 3.05) is 94.0 Å². The van der Waals surface area contributed by atoms with Crippen molar-refractivity contribution in [3.63, 3.8) is 0 Å². The van der Waals surface area contributed by atoms with Crippen molar-refractivity contribution in [2.24, 2.45) is 0 Å². The van der Waals surface area contributed by atoms with Crippen molar-refractivity contribution in [3.05, 3.63) is 149 Å². The molecule has 24 heteroatoms. The van der Waals surface area contributed by atoms with E-state index in [9.17, 15) is 0 Å². The maximum absolute atomic E-state index is 7.85. The summed E-state index contributed by atoms with van der Waals surface area (Å²) >= 11 is 0. The van der Waals surface area contributed by atoms with E-state index in [1.807, 2.05) is 0 Å². The molecule has 147 heavy (non-hydrogen) atoms. The van der Waals surface area contributed by atoms with Gasteiger partial charge in [-0.1, -0.05) is 209 Å². The molecule has 0 saturated carbocycles. The highest BCUT2D eigenvalue weighted by atomic mass is 16.8. The van der Waals surface area contributed by atoms with Crippen LogP contribution < -0.4 is 104 Å². The fraction of sp³-hybridized carbons (Fsp3) is 0.610. The maximum atomic E-state index is 7.85. The molecule has 8 aromatic rings. The standard InChI is InChI=1S/C123H156O24/c1-11-19-27-41-73-81-55-82-74(42-28-20-12-2)86-58-90-78(46-32-24-16-6)94-61-93-77(45-31-23-15-5)89-57-85(73)105-117-109(89)138-69-142-113(93)121-114(94)143-70-139-110(90)118-106(86)135-66-131-102(82)97(101(81)130-65-134-105)63-99-100(147-123(9,10)146-99)64-98-103-83-56-84-76(44-30-22-14-4)88-60-92-80(48-34-26-18-8)96-62-95-79(47-33-25-17-7)91-59-87(75(83)43-29-21-13-3)107(136-67-132-103)119(126-50-36-35-49-124-117)111(91)140-71-144-115(95)122(129-54-40-39-53-128-121)116(96)145-72-141-112(92)120(127-52-38-37-51-125-118)108(88)137-68-133-104(84)98/h55-62,73-80,99-100H,11-54,63-72H2,1-10H3. The van der Waals surface area contributed by atoms with Gasteiger partial charge in [-0.15, -0.1) is 0 Å². The van der Waals surface area contributed by atoms with Crippen molar-refractivity contribution in [2.45, 2.75) is 391 Å². The third-order valence-corrected chi connectivity index (χ3v) is 33.5. The van der Waals surface area contributed by atoms with E-state index in [2.05, 4.69) is 118 Å². The van der Waals surface area contributed by atoms with Gasteiger partial charge < -0.3 is 114 Å². The Morgan fingerprint density at radius 2 is 0.313 bits per heavy atom. The number of hydrogen-bond acceptors (Lipinski definition) is 24. The smallest absolute Gasteiger partial charge is 0.231 e. The first-order valence-corrected chi connectivity index (χ1v) is 57.2. The number of rotatable bonds is 32. The van der Waals surface area contributed by atoms with Gasteiger partial charge in [0, 0.05) is 160 Å². The minimum Gasteiger partial charge on any atom is -0.486 e. The molecule has 1 saturated heterocycles. The Balaban J connectivity index is 0.925. The van der Waals surface area contributed by atoms with Crippen LogP contribution in [0.5, 0.6) is 126 Å². The summed E-state index contributed by atoms with van der Waals surface area (Å²) in [5.74, 6) is 8.02. The number of unbranched alkanes of at least 4 members (excludes halogenated alkanes) is 16. The Bertz CT molecular complexity index is 5360. The molecule has 10 atom stereocenters. The third-order valence-electron chi connectivity index (χ3n) is 33.5. The number of fused-ring (bicyclic) bond motifs is 6. The van der Waals surface area contributed by atoms with Crippen molar-refractivity contribution in [1.29, 1.82) is 0 Å². The lowest BCUT2D eigenvalue weighted by atomic mass is 9.74. The third kappa shape index (κ3) is 19.6. The van der Waals surface area contributed by atoms with Gasteiger partial charge in [-0.3, -0.25) is 0 Å². The highest BCUT2D eigenvalue weighted by Gasteiger charge is 2.51. The van der Waals surface area contributed by atoms with Crippen LogP contribution in [0.25, 0.3) is 0 Å². The van der Waals surface area contributed by atoms with Gasteiger partial charge in [0.15, 0.2) is 74.8 Å². The Labute approximate surface area is 869 Å². The molecule has 15 aliphatic rings. The molecule has 15 aliphatic heterocycles. The molecule has 23 rings (SSSR count). The van der Waals surface area contributed by atoms with Gasteiger partial charge in [-0.2, -0.15) is 0 Å². The first kappa shape index (κ1) is 101. The van der Waals surface area contributed by atoms with E-state index in [0.29, 0.717) is 216 Å². The molecular formula is C123H156O24. The van der Waals surface area contributed by atoms with Crippen molar-refractivity contribution in [1.82, 2.24) is 0 Å². The Morgan fingerprint density at radius 3 is 0.456 bits per heavy atom. The van der Waals surface area contributed by atoms with E-state index in [1.54, 1.807) is 0 Å². The topological polar surface area (TPSA) is 222 Å². The van der Waals surface area contributed by atoms with Crippen molar-refractivity contribution >= 4 is 0 Å². The SMILES string of the molecule is CCCCCC1c2cc3c4c5c2OCOc2c1cc1c6c2OCCCCOc2c7c8cc9c2OCOc2c(cc%10c%11c2OCCCCOc2c(c(cc%12c2OCOc2c(cc(c(c2OCCCCOc2c%13c(cc(c2OCO%11)C%10CCCCC)C(CCCCC)c2cc(c(c(c2OCO%13)CC2OC(C)(C)OC2C5)OCO7)C8CCCCC)OCO4)C3CCCCC)C%12CCCCC)C1CCCCC)OCO6)C9CCCCC. The number of ether oxygens (including phenoxy) is 24. The van der Waals surface area contributed by atoms with E-state index in [-0.39, 0.29) is 107 Å². The Hall–Kier alpha value is -10.7. The van der Waals surface area contributed by atoms with Gasteiger partial charge in [0.2, 0.25) is 88.8 Å². The quantitative estimate of drug-likeness (QED) is 0.0358. The first-order valence-electron chi connectivity index (χ1n) is 57.2. The summed E-state index contributed by atoms with van der Waals surface area (Å²) in [5.41, 5.74) is 17.4. The molecule has 10 unspecified atom stereocenters. The molecule has 0 N–H and O–H groups in total. The fourth-order valence-electron chi connectivity index (χ4n) is 26.4. The second-order valence-electron chi connectivity index (χ2n) is 43.6. The van der Waals surface area contributed by atoms with Crippen molar-refractivity contribution in [3.8, 4) is 126 Å². The number of benzene rings is 8. The van der Waals surface area contributed by atoms with E-state index in [4.69, 9.17) is 114 Å². The Kier molecular flexibility index (Phi) is 31.3. The lowest BCUT2D eigenvalue weighted by Gasteiger charge is -2.38. The van der Waals surface area contributed by atoms with Crippen LogP contribution in [0.2, 0.25) is 0 Å². The average molecular weight is 2020 g/mol. The van der Waals surface area contributed by atoms with Gasteiger partial charge in [-0.25, -0.2) is 0 Å². The van der Waals surface area contributed by atoms with Crippen LogP contribution in [0, 0.1) is 0 Å². The van der Waals surface area contributed by atoms with Gasteiger partial charge in [0.25, 0.3) is 0 Å². The molecule has 8 aromatic carbocycles. The summed E-state index contributed by atoms with van der Waals surface area (Å²) in [4.78, 5) is 0. The van der Waals surface area contributed by atoms with Crippen LogP contribution in [-0.2, 0) is 22.3 Å². The van der Waals surface area contributed by atoms with E-state index in [1.165, 1.54) is 0 Å². The monoisotopic (exact) mass is 2020 g/mol. The Morgan fingerprint density at radius 1 is 0.177 bits per heavy atom. The van der Waals surface area contributed by atoms with Crippen LogP contribution in [-0.4, -0.2) is 112 Å². The van der Waals surface area contributed by atoms with Gasteiger partial charge >= 0.3 is 0 Å². The zero-order valence-corrected chi connectivity index (χ0v) is 88.9. The lowest BCUT2D eigenvalue weighted by molar-refractivity contribution is -0.146. The summed E-state index contributed by atoms with van der Waals surface area (Å²) in [7, 11) is 0. The normalized spacial score (nSPS) is 22.5. The maximum Gasteiger partial charge on any atom is 0.231 e. The van der Waals surface area contributed by atoms with Crippen molar-refractivity contribution < 1.29 is 114 Å². The molecule has 38 bridgehead atoms. The zero-order valence-electron chi connectivity index (χ0n) is 88.9. The molecule has 0 aliphatic carbocycles. The van der Waals surface area contributed by atoms with Crippen LogP contribution in [0.4, 0.5) is 0 Å². The van der Waals surface area contributed by atoms with Crippen LogP contribution >= 0.6 is 0 Å². The molecule has 792 valence electrons. The zero-order chi connectivity index (χ0) is 100. The summed E-state index contributed by atoms with van der Waals surface area (Å²) in [6.07, 6.45) is 30.5. The summed E-state index contributed by atoms with van der Waals surface area (Å²) in [5, 5.41) is 0. The van der Waals surface area contributed by atoms with Gasteiger partial charge in [0.05, 0.1) is 51.8 Å². The number of hydrogen-bond donors (Lipinski definition) is 0. The van der Waals surface area contributed by atoms with Crippen LogP contribution in [0.1, 0.15) is 461 Å². The largest absolute Gasteiger partial charge is 0.486 e. The molecule has 24 nitrogen and oxygen atoms in total. The molecule has 0 amide bonds. The molecule has 0 spiro atoms. The predicted molar refractivity (Wildman–Crippen MR) is 560 cm³/mol. The fourth-order valence-corrected chi connectivity index (χ4v) is 26.4. The summed E-state index contributed by atoms with van der Waals surface area (Å²) in [6, 6.07) is 19.7. The molecule has 1 fully saturated rings. The minimum absolute atomic E-state index is 0.217. The molecular weight excluding hydrogens is 1860 g/mol.